The van der Waals surface area contributed by atoms with Gasteiger partial charge in [0.2, 0.25) is 0 Å². The van der Waals surface area contributed by atoms with E-state index >= 15 is 0 Å². The number of phenolic OH excluding ortho intramolecular Hbond substituents is 1. The summed E-state index contributed by atoms with van der Waals surface area (Å²) in [6.45, 7) is 2.27. The van der Waals surface area contributed by atoms with Crippen molar-refractivity contribution in [2.75, 3.05) is 27.3 Å². The minimum atomic E-state index is -5.08. The van der Waals surface area contributed by atoms with Gasteiger partial charge in [-0.15, -0.1) is 0 Å². The first kappa shape index (κ1) is 20.7. The van der Waals surface area contributed by atoms with E-state index in [0.717, 1.165) is 16.6 Å². The molecule has 0 amide bonds. The lowest BCUT2D eigenvalue weighted by atomic mass is 10.2. The van der Waals surface area contributed by atoms with Gasteiger partial charge in [0.25, 0.3) is 0 Å². The van der Waals surface area contributed by atoms with Crippen molar-refractivity contribution >= 4 is 21.9 Å². The van der Waals surface area contributed by atoms with Crippen LogP contribution in [0.25, 0.3) is 0 Å². The largest absolute Gasteiger partial charge is 0.508 e. The molecule has 1 aromatic rings. The number of carbonyl (C=O) groups is 1. The van der Waals surface area contributed by atoms with E-state index < -0.39 is 12.1 Å². The van der Waals surface area contributed by atoms with Crippen molar-refractivity contribution in [3.63, 3.8) is 0 Å². The number of alkyl halides is 3. The number of aliphatic carboxylic acids is 1. The Bertz CT molecular complexity index is 483. The SMILES string of the molecule is COCCN(C)Cc1cc(Br)ccc1O.O=C(O)C(F)(F)F. The summed E-state index contributed by atoms with van der Waals surface area (Å²) < 4.78 is 37.7. The van der Waals surface area contributed by atoms with Crippen LogP contribution in [0.4, 0.5) is 13.2 Å². The molecule has 0 fully saturated rings. The first-order valence-corrected chi connectivity index (χ1v) is 6.82. The quantitative estimate of drug-likeness (QED) is 0.812. The molecular formula is C13H17BrF3NO4. The van der Waals surface area contributed by atoms with E-state index in [0.29, 0.717) is 18.9 Å². The maximum absolute atomic E-state index is 10.6. The lowest BCUT2D eigenvalue weighted by molar-refractivity contribution is -0.192. The highest BCUT2D eigenvalue weighted by Crippen LogP contribution is 2.22. The van der Waals surface area contributed by atoms with Crippen LogP contribution in [0, 0.1) is 0 Å². The molecule has 0 spiro atoms. The molecule has 2 N–H and O–H groups in total. The summed E-state index contributed by atoms with van der Waals surface area (Å²) in [7, 11) is 3.68. The predicted molar refractivity (Wildman–Crippen MR) is 77.7 cm³/mol. The number of likely N-dealkylation sites (N-methyl/N-ethyl adjacent to an activating group) is 1. The molecule has 0 aromatic heterocycles. The summed E-state index contributed by atoms with van der Waals surface area (Å²) in [4.78, 5) is 11.0. The summed E-state index contributed by atoms with van der Waals surface area (Å²) in [5.74, 6) is -2.42. The molecule has 0 atom stereocenters. The fraction of sp³-hybridized carbons (Fsp3) is 0.462. The Labute approximate surface area is 134 Å². The normalized spacial score (nSPS) is 11.0. The van der Waals surface area contributed by atoms with E-state index in [2.05, 4.69) is 20.8 Å². The van der Waals surface area contributed by atoms with Crippen LogP contribution in [0.3, 0.4) is 0 Å². The number of carboxylic acids is 1. The number of rotatable bonds is 5. The maximum atomic E-state index is 10.6. The van der Waals surface area contributed by atoms with Crippen LogP contribution in [0.1, 0.15) is 5.56 Å². The Morgan fingerprint density at radius 2 is 1.95 bits per heavy atom. The summed E-state index contributed by atoms with van der Waals surface area (Å²) in [6.07, 6.45) is -5.08. The molecule has 0 saturated heterocycles. The molecule has 1 rings (SSSR count). The van der Waals surface area contributed by atoms with Crippen LogP contribution in [-0.2, 0) is 16.1 Å². The number of nitrogens with zero attached hydrogens (tertiary/aromatic N) is 1. The number of hydrogen-bond donors (Lipinski definition) is 2. The van der Waals surface area contributed by atoms with Crippen molar-refractivity contribution in [2.45, 2.75) is 12.7 Å². The van der Waals surface area contributed by atoms with Crippen LogP contribution < -0.4 is 0 Å². The summed E-state index contributed by atoms with van der Waals surface area (Å²) in [5.41, 5.74) is 0.919. The number of methoxy groups -OCH3 is 1. The van der Waals surface area contributed by atoms with Crippen LogP contribution >= 0.6 is 15.9 Å². The van der Waals surface area contributed by atoms with Gasteiger partial charge in [-0.3, -0.25) is 4.90 Å². The number of aromatic hydroxyl groups is 1. The van der Waals surface area contributed by atoms with Gasteiger partial charge >= 0.3 is 12.1 Å². The van der Waals surface area contributed by atoms with Crippen molar-refractivity contribution < 1.29 is 32.9 Å². The molecule has 0 bridgehead atoms. The van der Waals surface area contributed by atoms with E-state index in [1.54, 1.807) is 13.2 Å². The van der Waals surface area contributed by atoms with E-state index in [-0.39, 0.29) is 0 Å². The molecular weight excluding hydrogens is 371 g/mol. The molecule has 0 aliphatic heterocycles. The fourth-order valence-corrected chi connectivity index (χ4v) is 1.71. The molecule has 0 radical (unpaired) electrons. The third kappa shape index (κ3) is 8.85. The minimum absolute atomic E-state index is 0.336. The highest BCUT2D eigenvalue weighted by molar-refractivity contribution is 9.10. The lowest BCUT2D eigenvalue weighted by Gasteiger charge is -2.16. The zero-order valence-electron chi connectivity index (χ0n) is 12.0. The average Bonchev–Trinajstić information content (AvgIpc) is 2.40. The first-order valence-electron chi connectivity index (χ1n) is 6.03. The van der Waals surface area contributed by atoms with Gasteiger partial charge in [0.05, 0.1) is 6.61 Å². The van der Waals surface area contributed by atoms with Crippen molar-refractivity contribution in [2.24, 2.45) is 0 Å². The number of halogens is 4. The van der Waals surface area contributed by atoms with E-state index in [1.165, 1.54) is 0 Å². The molecule has 0 aliphatic rings. The van der Waals surface area contributed by atoms with Gasteiger partial charge in [-0.25, -0.2) is 4.79 Å². The van der Waals surface area contributed by atoms with Crippen molar-refractivity contribution in [1.82, 2.24) is 4.90 Å². The summed E-state index contributed by atoms with van der Waals surface area (Å²) >= 11 is 3.38. The summed E-state index contributed by atoms with van der Waals surface area (Å²) in [6, 6.07) is 5.45. The van der Waals surface area contributed by atoms with Crippen LogP contribution in [-0.4, -0.2) is 54.6 Å². The molecule has 9 heteroatoms. The van der Waals surface area contributed by atoms with Gasteiger partial charge in [-0.05, 0) is 25.2 Å². The standard InChI is InChI=1S/C11H16BrNO2.C2HF3O2/c1-13(5-6-15-2)8-9-7-10(12)3-4-11(9)14;3-2(4,5)1(6)7/h3-4,7,14H,5-6,8H2,1-2H3;(H,6,7). The Hall–Kier alpha value is -1.32. The van der Waals surface area contributed by atoms with E-state index in [9.17, 15) is 18.3 Å². The van der Waals surface area contributed by atoms with Crippen molar-refractivity contribution in [3.8, 4) is 5.75 Å². The van der Waals surface area contributed by atoms with Gasteiger partial charge in [0.1, 0.15) is 5.75 Å². The van der Waals surface area contributed by atoms with E-state index in [4.69, 9.17) is 14.6 Å². The second kappa shape index (κ2) is 9.65. The molecule has 0 aliphatic carbocycles. The fourth-order valence-electron chi connectivity index (χ4n) is 1.30. The molecule has 0 heterocycles. The molecule has 1 aromatic carbocycles. The Morgan fingerprint density at radius 1 is 1.41 bits per heavy atom. The molecule has 22 heavy (non-hydrogen) atoms. The molecule has 5 nitrogen and oxygen atoms in total. The molecule has 0 unspecified atom stereocenters. The van der Waals surface area contributed by atoms with Gasteiger partial charge in [-0.2, -0.15) is 13.2 Å². The number of phenols is 1. The highest BCUT2D eigenvalue weighted by Gasteiger charge is 2.38. The van der Waals surface area contributed by atoms with Gasteiger partial charge in [-0.1, -0.05) is 15.9 Å². The van der Waals surface area contributed by atoms with Gasteiger partial charge in [0, 0.05) is 30.2 Å². The lowest BCUT2D eigenvalue weighted by Crippen LogP contribution is -2.22. The smallest absolute Gasteiger partial charge is 0.490 e. The van der Waals surface area contributed by atoms with Gasteiger partial charge in [0.15, 0.2) is 0 Å². The number of hydrogen-bond acceptors (Lipinski definition) is 4. The highest BCUT2D eigenvalue weighted by atomic mass is 79.9. The third-order valence-electron chi connectivity index (χ3n) is 2.40. The topological polar surface area (TPSA) is 70.0 Å². The zero-order valence-corrected chi connectivity index (χ0v) is 13.6. The molecule has 126 valence electrons. The molecule has 0 saturated carbocycles. The Morgan fingerprint density at radius 3 is 2.41 bits per heavy atom. The van der Waals surface area contributed by atoms with E-state index in [1.807, 2.05) is 19.2 Å². The predicted octanol–water partition coefficient (Wildman–Crippen LogP) is 2.87. The van der Waals surface area contributed by atoms with Gasteiger partial charge < -0.3 is 14.9 Å². The van der Waals surface area contributed by atoms with Crippen LogP contribution in [0.2, 0.25) is 0 Å². The van der Waals surface area contributed by atoms with Crippen molar-refractivity contribution in [1.29, 1.82) is 0 Å². The van der Waals surface area contributed by atoms with Crippen LogP contribution in [0.15, 0.2) is 22.7 Å². The number of carboxylic acid groups (broad SMARTS) is 1. The first-order chi connectivity index (χ1) is 10.1. The van der Waals surface area contributed by atoms with Crippen molar-refractivity contribution in [3.05, 3.63) is 28.2 Å². The zero-order chi connectivity index (χ0) is 17.3. The second-order valence-corrected chi connectivity index (χ2v) is 5.22. The summed E-state index contributed by atoms with van der Waals surface area (Å²) in [5, 5.41) is 16.8. The number of ether oxygens (including phenoxy) is 1. The monoisotopic (exact) mass is 387 g/mol. The average molecular weight is 388 g/mol. The minimum Gasteiger partial charge on any atom is -0.508 e. The Balaban J connectivity index is 0.000000534. The maximum Gasteiger partial charge on any atom is 0.490 e. The second-order valence-electron chi connectivity index (χ2n) is 4.31. The third-order valence-corrected chi connectivity index (χ3v) is 2.89. The Kier molecular flexibility index (Phi) is 9.07. The number of benzene rings is 1. The van der Waals surface area contributed by atoms with Crippen LogP contribution in [0.5, 0.6) is 5.75 Å².